The highest BCUT2D eigenvalue weighted by Gasteiger charge is 2.56. The second-order valence-electron chi connectivity index (χ2n) is 11.5. The summed E-state index contributed by atoms with van der Waals surface area (Å²) in [7, 11) is -1.51. The summed E-state index contributed by atoms with van der Waals surface area (Å²) in [5.74, 6) is 1.13. The van der Waals surface area contributed by atoms with E-state index < -0.39 is 20.6 Å². The Kier molecular flexibility index (Phi) is 6.28. The third-order valence-corrected chi connectivity index (χ3v) is 10.0. The van der Waals surface area contributed by atoms with Crippen molar-refractivity contribution in [2.24, 2.45) is 5.73 Å². The molecule has 0 aromatic carbocycles. The fourth-order valence-electron chi connectivity index (χ4n) is 5.74. The van der Waals surface area contributed by atoms with Crippen molar-refractivity contribution in [2.45, 2.75) is 67.9 Å². The summed E-state index contributed by atoms with van der Waals surface area (Å²) in [6.45, 7) is 4.05. The van der Waals surface area contributed by atoms with Crippen molar-refractivity contribution >= 4 is 38.2 Å². The number of hydrogen-bond donors (Lipinski definition) is 2. The van der Waals surface area contributed by atoms with Crippen molar-refractivity contribution in [2.75, 3.05) is 25.3 Å². The third kappa shape index (κ3) is 4.57. The molecule has 0 saturated heterocycles. The van der Waals surface area contributed by atoms with Crippen molar-refractivity contribution in [1.82, 2.24) is 15.0 Å². The molecule has 1 aliphatic heterocycles. The number of rotatable bonds is 8. The predicted molar refractivity (Wildman–Crippen MR) is 149 cm³/mol. The number of pyridine rings is 3. The first kappa shape index (κ1) is 26.9. The molecule has 1 spiro atoms. The molecule has 2 aliphatic carbocycles. The standard InChI is InChI=1S/C28H33N5O6S/c1-15-28(7-8-28)24-18(26(34)38-15)5-6-22(33-24)32-23-11-19-20(12-30-23)25(31-13-21(19)27(2,29)14-37-3)39-16-9-17(10-16)40(4,35)36/h5-6,11-13,15-17H,7-10,14,29H2,1-4H3,(H,30,32,33)/t15-,16?,17?,27?/m0/s1. The average molecular weight is 568 g/mol. The van der Waals surface area contributed by atoms with E-state index in [1.54, 1.807) is 31.6 Å². The van der Waals surface area contributed by atoms with E-state index >= 15 is 0 Å². The fraction of sp³-hybridized carbons (Fsp3) is 0.500. The molecule has 0 amide bonds. The van der Waals surface area contributed by atoms with Crippen molar-refractivity contribution in [3.05, 3.63) is 47.4 Å². The predicted octanol–water partition coefficient (Wildman–Crippen LogP) is 3.13. The van der Waals surface area contributed by atoms with Crippen LogP contribution < -0.4 is 15.8 Å². The highest BCUT2D eigenvalue weighted by Crippen LogP contribution is 2.54. The summed E-state index contributed by atoms with van der Waals surface area (Å²) in [6.07, 6.45) is 6.84. The Morgan fingerprint density at radius 3 is 2.60 bits per heavy atom. The number of sulfone groups is 1. The summed E-state index contributed by atoms with van der Waals surface area (Å²) in [4.78, 5) is 26.4. The Morgan fingerprint density at radius 2 is 1.93 bits per heavy atom. The van der Waals surface area contributed by atoms with Crippen LogP contribution in [-0.4, -0.2) is 66.8 Å². The summed E-state index contributed by atoms with van der Waals surface area (Å²) in [5.41, 5.74) is 7.59. The molecule has 3 aromatic rings. The molecule has 2 fully saturated rings. The summed E-state index contributed by atoms with van der Waals surface area (Å²) < 4.78 is 40.7. The van der Waals surface area contributed by atoms with E-state index in [1.165, 1.54) is 6.26 Å². The van der Waals surface area contributed by atoms with Crippen molar-refractivity contribution in [1.29, 1.82) is 0 Å². The van der Waals surface area contributed by atoms with E-state index in [0.717, 1.165) is 29.5 Å². The van der Waals surface area contributed by atoms with Gasteiger partial charge in [0, 0.05) is 44.2 Å². The van der Waals surface area contributed by atoms with Crippen LogP contribution in [0.15, 0.2) is 30.6 Å². The van der Waals surface area contributed by atoms with Crippen LogP contribution in [-0.2, 0) is 30.3 Å². The molecule has 40 heavy (non-hydrogen) atoms. The maximum atomic E-state index is 12.4. The molecule has 212 valence electrons. The maximum absolute atomic E-state index is 12.4. The maximum Gasteiger partial charge on any atom is 0.340 e. The number of esters is 1. The molecular formula is C28H33N5O6S. The molecular weight excluding hydrogens is 534 g/mol. The van der Waals surface area contributed by atoms with Gasteiger partial charge in [0.1, 0.15) is 23.8 Å². The fourth-order valence-corrected chi connectivity index (χ4v) is 6.87. The number of fused-ring (bicyclic) bond motifs is 3. The number of hydrogen-bond acceptors (Lipinski definition) is 11. The van der Waals surface area contributed by atoms with Gasteiger partial charge in [-0.05, 0) is 50.3 Å². The molecule has 3 aromatic heterocycles. The van der Waals surface area contributed by atoms with Crippen molar-refractivity contribution in [3.8, 4) is 5.88 Å². The van der Waals surface area contributed by atoms with Gasteiger partial charge in [-0.1, -0.05) is 0 Å². The lowest BCUT2D eigenvalue weighted by molar-refractivity contribution is 0.0183. The van der Waals surface area contributed by atoms with Crippen LogP contribution in [0, 0.1) is 0 Å². The van der Waals surface area contributed by atoms with E-state index in [0.29, 0.717) is 41.3 Å². The van der Waals surface area contributed by atoms with Crippen LogP contribution in [0.4, 0.5) is 11.6 Å². The number of carbonyl (C=O) groups excluding carboxylic acids is 1. The first-order valence-corrected chi connectivity index (χ1v) is 15.3. The van der Waals surface area contributed by atoms with Crippen LogP contribution in [0.5, 0.6) is 5.88 Å². The van der Waals surface area contributed by atoms with E-state index in [-0.39, 0.29) is 30.2 Å². The molecule has 11 nitrogen and oxygen atoms in total. The molecule has 3 N–H and O–H groups in total. The van der Waals surface area contributed by atoms with Gasteiger partial charge >= 0.3 is 5.97 Å². The number of nitrogens with one attached hydrogen (secondary N) is 1. The zero-order chi connectivity index (χ0) is 28.4. The zero-order valence-electron chi connectivity index (χ0n) is 22.9. The minimum atomic E-state index is -3.10. The molecule has 12 heteroatoms. The van der Waals surface area contributed by atoms with Gasteiger partial charge in [-0.25, -0.2) is 28.2 Å². The average Bonchev–Trinajstić information content (AvgIpc) is 3.66. The molecule has 3 aliphatic rings. The van der Waals surface area contributed by atoms with E-state index in [4.69, 9.17) is 24.9 Å². The first-order valence-electron chi connectivity index (χ1n) is 13.3. The first-order chi connectivity index (χ1) is 18.9. The van der Waals surface area contributed by atoms with Gasteiger partial charge in [-0.3, -0.25) is 0 Å². The van der Waals surface area contributed by atoms with E-state index in [9.17, 15) is 13.2 Å². The SMILES string of the molecule is COCC(C)(N)c1cnc(OC2CC(S(C)(=O)=O)C2)c2cnc(Nc3ccc4c(n3)C3(CC3)[C@H](C)OC4=O)cc12. The summed E-state index contributed by atoms with van der Waals surface area (Å²) >= 11 is 0. The Bertz CT molecular complexity index is 1610. The number of ether oxygens (including phenoxy) is 3. The second-order valence-corrected chi connectivity index (χ2v) is 13.9. The number of nitrogens with zero attached hydrogens (tertiary/aromatic N) is 3. The van der Waals surface area contributed by atoms with Crippen LogP contribution >= 0.6 is 0 Å². The monoisotopic (exact) mass is 567 g/mol. The van der Waals surface area contributed by atoms with Gasteiger partial charge in [0.2, 0.25) is 5.88 Å². The van der Waals surface area contributed by atoms with Crippen LogP contribution in [0.1, 0.15) is 61.1 Å². The van der Waals surface area contributed by atoms with Crippen molar-refractivity contribution in [3.63, 3.8) is 0 Å². The van der Waals surface area contributed by atoms with Gasteiger partial charge in [-0.2, -0.15) is 0 Å². The van der Waals surface area contributed by atoms with Crippen molar-refractivity contribution < 1.29 is 27.4 Å². The molecule has 0 radical (unpaired) electrons. The van der Waals surface area contributed by atoms with Crippen LogP contribution in [0.25, 0.3) is 10.8 Å². The highest BCUT2D eigenvalue weighted by atomic mass is 32.2. The number of nitrogens with two attached hydrogens (primary N) is 1. The quantitative estimate of drug-likeness (QED) is 0.386. The van der Waals surface area contributed by atoms with E-state index in [1.807, 2.05) is 19.9 Å². The number of cyclic esters (lactones) is 1. The molecule has 2 atom stereocenters. The lowest BCUT2D eigenvalue weighted by Gasteiger charge is -2.34. The number of aromatic nitrogens is 3. The normalized spacial score (nSPS) is 24.5. The second kappa shape index (κ2) is 9.35. The Balaban J connectivity index is 1.34. The molecule has 2 saturated carbocycles. The summed E-state index contributed by atoms with van der Waals surface area (Å²) in [5, 5.41) is 4.32. The lowest BCUT2D eigenvalue weighted by atomic mass is 9.89. The molecule has 6 rings (SSSR count). The smallest absolute Gasteiger partial charge is 0.340 e. The van der Waals surface area contributed by atoms with Gasteiger partial charge in [0.25, 0.3) is 0 Å². The Labute approximate surface area is 232 Å². The molecule has 4 heterocycles. The number of anilines is 2. The number of carbonyl (C=O) groups is 1. The molecule has 0 bridgehead atoms. The minimum Gasteiger partial charge on any atom is -0.474 e. The van der Waals surface area contributed by atoms with Crippen LogP contribution in [0.2, 0.25) is 0 Å². The van der Waals surface area contributed by atoms with Gasteiger partial charge in [0.15, 0.2) is 9.84 Å². The lowest BCUT2D eigenvalue weighted by Crippen LogP contribution is -2.42. The molecule has 1 unspecified atom stereocenters. The topological polar surface area (TPSA) is 156 Å². The largest absolute Gasteiger partial charge is 0.474 e. The third-order valence-electron chi connectivity index (χ3n) is 8.42. The van der Waals surface area contributed by atoms with Gasteiger partial charge in [-0.15, -0.1) is 0 Å². The van der Waals surface area contributed by atoms with Gasteiger partial charge < -0.3 is 25.3 Å². The zero-order valence-corrected chi connectivity index (χ0v) is 23.7. The van der Waals surface area contributed by atoms with Gasteiger partial charge in [0.05, 0.1) is 39.5 Å². The Morgan fingerprint density at radius 1 is 1.18 bits per heavy atom. The summed E-state index contributed by atoms with van der Waals surface area (Å²) in [6, 6.07) is 5.36. The van der Waals surface area contributed by atoms with Crippen LogP contribution in [0.3, 0.4) is 0 Å². The number of methoxy groups -OCH3 is 1. The van der Waals surface area contributed by atoms with E-state index in [2.05, 4.69) is 15.3 Å². The highest BCUT2D eigenvalue weighted by molar-refractivity contribution is 7.91. The Hall–Kier alpha value is -3.35. The minimum absolute atomic E-state index is 0.214.